The summed E-state index contributed by atoms with van der Waals surface area (Å²) in [6, 6.07) is 14.2. The van der Waals surface area contributed by atoms with Gasteiger partial charge in [-0.05, 0) is 60.6 Å². The molecule has 1 atom stereocenters. The van der Waals surface area contributed by atoms with E-state index in [0.29, 0.717) is 42.5 Å². The third-order valence-electron chi connectivity index (χ3n) is 6.49. The molecule has 0 saturated heterocycles. The molecule has 7 nitrogen and oxygen atoms in total. The van der Waals surface area contributed by atoms with E-state index in [9.17, 15) is 10.4 Å². The van der Waals surface area contributed by atoms with Crippen molar-refractivity contribution in [3.63, 3.8) is 0 Å². The second-order valence-electron chi connectivity index (χ2n) is 8.61. The molecule has 0 radical (unpaired) electrons. The first-order valence-corrected chi connectivity index (χ1v) is 11.6. The van der Waals surface area contributed by atoms with Crippen LogP contribution in [0.4, 0.5) is 0 Å². The van der Waals surface area contributed by atoms with Crippen LogP contribution in [0.5, 0.6) is 23.0 Å². The first kappa shape index (κ1) is 27.3. The monoisotopic (exact) mass is 470 g/mol. The fraction of sp³-hybridized carbons (Fsp3) is 0.519. The molecule has 0 aliphatic carbocycles. The van der Waals surface area contributed by atoms with Crippen LogP contribution in [0, 0.1) is 17.2 Å². The third-order valence-corrected chi connectivity index (χ3v) is 6.49. The van der Waals surface area contributed by atoms with E-state index in [0.717, 1.165) is 24.0 Å². The summed E-state index contributed by atoms with van der Waals surface area (Å²) < 4.78 is 21.5. The van der Waals surface area contributed by atoms with Gasteiger partial charge in [-0.15, -0.1) is 0 Å². The summed E-state index contributed by atoms with van der Waals surface area (Å²) in [6.45, 7) is 5.49. The second kappa shape index (κ2) is 13.1. The lowest BCUT2D eigenvalue weighted by atomic mass is 9.69. The van der Waals surface area contributed by atoms with Crippen LogP contribution in [0.15, 0.2) is 36.4 Å². The van der Waals surface area contributed by atoms with Crippen LogP contribution in [-0.4, -0.2) is 58.3 Å². The number of ether oxygens (including phenoxy) is 4. The molecular formula is C27H38N2O5. The molecule has 0 aromatic heterocycles. The highest BCUT2D eigenvalue weighted by Gasteiger charge is 2.36. The van der Waals surface area contributed by atoms with Gasteiger partial charge in [0.15, 0.2) is 23.0 Å². The lowest BCUT2D eigenvalue weighted by molar-refractivity contribution is 0.104. The van der Waals surface area contributed by atoms with Crippen LogP contribution in [0.3, 0.4) is 0 Å². The Hall–Kier alpha value is -2.95. The van der Waals surface area contributed by atoms with E-state index in [1.54, 1.807) is 28.4 Å². The number of aliphatic hydroxyl groups is 1. The van der Waals surface area contributed by atoms with Crippen molar-refractivity contribution in [2.24, 2.45) is 5.92 Å². The summed E-state index contributed by atoms with van der Waals surface area (Å²) >= 11 is 0. The highest BCUT2D eigenvalue weighted by atomic mass is 16.5. The highest BCUT2D eigenvalue weighted by Crippen LogP contribution is 2.40. The molecule has 0 aliphatic heterocycles. The maximum Gasteiger partial charge on any atom is 0.161 e. The molecule has 2 rings (SSSR count). The van der Waals surface area contributed by atoms with Crippen molar-refractivity contribution < 1.29 is 24.1 Å². The van der Waals surface area contributed by atoms with Gasteiger partial charge in [-0.3, -0.25) is 4.90 Å². The Morgan fingerprint density at radius 2 is 1.47 bits per heavy atom. The Kier molecular flexibility index (Phi) is 10.5. The van der Waals surface area contributed by atoms with Gasteiger partial charge in [-0.1, -0.05) is 26.0 Å². The van der Waals surface area contributed by atoms with Crippen molar-refractivity contribution in [2.45, 2.75) is 38.5 Å². The zero-order valence-electron chi connectivity index (χ0n) is 21.3. The minimum Gasteiger partial charge on any atom is -0.493 e. The lowest BCUT2D eigenvalue weighted by Gasteiger charge is -2.32. The number of aliphatic hydroxyl groups excluding tert-OH is 1. The second-order valence-corrected chi connectivity index (χ2v) is 8.61. The molecule has 34 heavy (non-hydrogen) atoms. The number of nitrogens with zero attached hydrogens (tertiary/aromatic N) is 2. The van der Waals surface area contributed by atoms with Gasteiger partial charge in [-0.2, -0.15) is 5.26 Å². The molecule has 1 N–H and O–H groups in total. The van der Waals surface area contributed by atoms with Crippen molar-refractivity contribution in [2.75, 3.05) is 48.3 Å². The van der Waals surface area contributed by atoms with Crippen LogP contribution >= 0.6 is 0 Å². The first-order valence-electron chi connectivity index (χ1n) is 11.6. The minimum atomic E-state index is -0.663. The first-order chi connectivity index (χ1) is 16.4. The highest BCUT2D eigenvalue weighted by molar-refractivity contribution is 5.47. The Bertz CT molecular complexity index is 957. The molecule has 0 heterocycles. The average Bonchev–Trinajstić information content (AvgIpc) is 2.87. The van der Waals surface area contributed by atoms with E-state index in [4.69, 9.17) is 18.9 Å². The van der Waals surface area contributed by atoms with Crippen LogP contribution in [-0.2, 0) is 11.8 Å². The van der Waals surface area contributed by atoms with E-state index in [2.05, 4.69) is 19.9 Å². The molecule has 2 aromatic rings. The maximum atomic E-state index is 10.2. The van der Waals surface area contributed by atoms with Crippen LogP contribution in [0.1, 0.15) is 37.8 Å². The van der Waals surface area contributed by atoms with Crippen molar-refractivity contribution in [1.29, 1.82) is 5.26 Å². The topological polar surface area (TPSA) is 84.2 Å². The standard InChI is InChI=1S/C27H38N2O5/c1-20(2)27(18-28,22-9-11-24(32-4)26(17-22)34-6)13-7-14-29(19-30)15-12-21-8-10-23(31-3)25(16-21)33-5/h8-11,16-17,20,30H,7,12-15,19H2,1-6H3. The normalized spacial score (nSPS) is 12.8. The fourth-order valence-electron chi connectivity index (χ4n) is 4.29. The van der Waals surface area contributed by atoms with E-state index in [1.807, 2.05) is 41.3 Å². The number of hydrogen-bond donors (Lipinski definition) is 1. The van der Waals surface area contributed by atoms with Crippen LogP contribution in [0.2, 0.25) is 0 Å². The summed E-state index contributed by atoms with van der Waals surface area (Å²) in [5.41, 5.74) is 1.36. The van der Waals surface area contributed by atoms with E-state index < -0.39 is 5.41 Å². The number of hydrogen-bond acceptors (Lipinski definition) is 7. The summed E-state index contributed by atoms with van der Waals surface area (Å²) in [7, 11) is 6.44. The number of methoxy groups -OCH3 is 4. The van der Waals surface area contributed by atoms with Gasteiger partial charge in [-0.25, -0.2) is 0 Å². The fourth-order valence-corrected chi connectivity index (χ4v) is 4.29. The Morgan fingerprint density at radius 3 is 2.00 bits per heavy atom. The maximum absolute atomic E-state index is 10.2. The molecule has 0 aliphatic rings. The van der Waals surface area contributed by atoms with Gasteiger partial charge in [0.05, 0.1) is 46.7 Å². The smallest absolute Gasteiger partial charge is 0.161 e. The predicted octanol–water partition coefficient (Wildman–Crippen LogP) is 4.41. The van der Waals surface area contributed by atoms with E-state index in [1.165, 1.54) is 0 Å². The molecule has 0 saturated carbocycles. The SMILES string of the molecule is COc1ccc(CCN(CO)CCCC(C#N)(c2ccc(OC)c(OC)c2)C(C)C)cc1OC. The number of rotatable bonds is 14. The molecule has 0 spiro atoms. The van der Waals surface area contributed by atoms with Gasteiger partial charge >= 0.3 is 0 Å². The third kappa shape index (κ3) is 6.34. The molecule has 186 valence electrons. The van der Waals surface area contributed by atoms with Crippen molar-refractivity contribution in [3.05, 3.63) is 47.5 Å². The van der Waals surface area contributed by atoms with Crippen LogP contribution < -0.4 is 18.9 Å². The van der Waals surface area contributed by atoms with Crippen molar-refractivity contribution >= 4 is 0 Å². The Morgan fingerprint density at radius 1 is 0.882 bits per heavy atom. The summed E-state index contributed by atoms with van der Waals surface area (Å²) in [4.78, 5) is 1.99. The number of nitriles is 1. The number of benzene rings is 2. The summed E-state index contributed by atoms with van der Waals surface area (Å²) in [5.74, 6) is 2.75. The average molecular weight is 471 g/mol. The van der Waals surface area contributed by atoms with Gasteiger partial charge in [0.25, 0.3) is 0 Å². The molecule has 7 heteroatoms. The lowest BCUT2D eigenvalue weighted by Crippen LogP contribution is -2.34. The van der Waals surface area contributed by atoms with Gasteiger partial charge < -0.3 is 24.1 Å². The predicted molar refractivity (Wildman–Crippen MR) is 133 cm³/mol. The van der Waals surface area contributed by atoms with Crippen LogP contribution in [0.25, 0.3) is 0 Å². The van der Waals surface area contributed by atoms with Crippen molar-refractivity contribution in [1.82, 2.24) is 4.90 Å². The van der Waals surface area contributed by atoms with Gasteiger partial charge in [0, 0.05) is 13.1 Å². The Labute approximate surface area is 203 Å². The molecule has 0 amide bonds. The largest absolute Gasteiger partial charge is 0.493 e. The molecular weight excluding hydrogens is 432 g/mol. The quantitative estimate of drug-likeness (QED) is 0.409. The molecule has 0 bridgehead atoms. The van der Waals surface area contributed by atoms with Crippen molar-refractivity contribution in [3.8, 4) is 29.1 Å². The molecule has 0 fully saturated rings. The molecule has 2 aromatic carbocycles. The summed E-state index contributed by atoms with van der Waals surface area (Å²) in [6.07, 6.45) is 2.21. The van der Waals surface area contributed by atoms with Gasteiger partial charge in [0.1, 0.15) is 0 Å². The van der Waals surface area contributed by atoms with Gasteiger partial charge in [0.2, 0.25) is 0 Å². The zero-order valence-corrected chi connectivity index (χ0v) is 21.3. The summed E-state index contributed by atoms with van der Waals surface area (Å²) in [5, 5.41) is 20.2. The zero-order chi connectivity index (χ0) is 25.1. The van der Waals surface area contributed by atoms with E-state index >= 15 is 0 Å². The van der Waals surface area contributed by atoms with E-state index in [-0.39, 0.29) is 12.6 Å². The minimum absolute atomic E-state index is 0.0368. The Balaban J connectivity index is 2.07. The molecule has 1 unspecified atom stereocenters.